The SMILES string of the molecule is CCc1ccnc2c1c(C(=O)NCC1(O)CCCCCC1)cn2-c1ncccn1. The van der Waals surface area contributed by atoms with Crippen molar-refractivity contribution in [3.8, 4) is 5.95 Å². The average molecular weight is 393 g/mol. The topological polar surface area (TPSA) is 92.9 Å². The molecule has 0 aromatic carbocycles. The molecule has 0 radical (unpaired) electrons. The summed E-state index contributed by atoms with van der Waals surface area (Å²) in [6.45, 7) is 2.32. The number of amides is 1. The Hall–Kier alpha value is -2.80. The number of hydrogen-bond donors (Lipinski definition) is 2. The number of carbonyl (C=O) groups is 1. The summed E-state index contributed by atoms with van der Waals surface area (Å²) >= 11 is 0. The summed E-state index contributed by atoms with van der Waals surface area (Å²) in [6.07, 6.45) is 13.4. The maximum absolute atomic E-state index is 13.1. The van der Waals surface area contributed by atoms with E-state index in [1.54, 1.807) is 35.4 Å². The van der Waals surface area contributed by atoms with Crippen LogP contribution in [0, 0.1) is 0 Å². The minimum atomic E-state index is -0.821. The molecule has 2 N–H and O–H groups in total. The summed E-state index contributed by atoms with van der Waals surface area (Å²) in [6, 6.07) is 3.69. The molecule has 1 aliphatic rings. The fourth-order valence-corrected chi connectivity index (χ4v) is 4.16. The molecule has 0 bridgehead atoms. The molecule has 3 heterocycles. The lowest BCUT2D eigenvalue weighted by atomic mass is 9.94. The smallest absolute Gasteiger partial charge is 0.253 e. The third kappa shape index (κ3) is 4.00. The predicted octanol–water partition coefficient (Wildman–Crippen LogP) is 3.19. The summed E-state index contributed by atoms with van der Waals surface area (Å²) in [5.41, 5.74) is 1.42. The molecule has 1 saturated carbocycles. The van der Waals surface area contributed by atoms with Gasteiger partial charge in [-0.05, 0) is 37.0 Å². The second kappa shape index (κ2) is 8.29. The van der Waals surface area contributed by atoms with E-state index in [-0.39, 0.29) is 12.5 Å². The third-order valence-electron chi connectivity index (χ3n) is 5.78. The number of aryl methyl sites for hydroxylation is 1. The third-order valence-corrected chi connectivity index (χ3v) is 5.78. The lowest BCUT2D eigenvalue weighted by Crippen LogP contribution is -2.42. The maximum Gasteiger partial charge on any atom is 0.253 e. The first-order valence-electron chi connectivity index (χ1n) is 10.4. The fraction of sp³-hybridized carbons (Fsp3) is 0.455. The van der Waals surface area contributed by atoms with Crippen LogP contribution in [0.25, 0.3) is 17.0 Å². The van der Waals surface area contributed by atoms with E-state index in [0.717, 1.165) is 55.9 Å². The van der Waals surface area contributed by atoms with Crippen LogP contribution in [-0.2, 0) is 6.42 Å². The molecule has 0 unspecified atom stereocenters. The lowest BCUT2D eigenvalue weighted by molar-refractivity contribution is 0.0246. The summed E-state index contributed by atoms with van der Waals surface area (Å²) in [7, 11) is 0. The number of aliphatic hydroxyl groups is 1. The molecule has 29 heavy (non-hydrogen) atoms. The Kier molecular flexibility index (Phi) is 5.58. The molecule has 3 aromatic heterocycles. The first-order chi connectivity index (χ1) is 14.1. The van der Waals surface area contributed by atoms with Crippen molar-refractivity contribution in [1.82, 2.24) is 24.8 Å². The molecule has 0 atom stereocenters. The number of nitrogens with one attached hydrogen (secondary N) is 1. The van der Waals surface area contributed by atoms with Crippen LogP contribution in [0.4, 0.5) is 0 Å². The first kappa shape index (κ1) is 19.5. The van der Waals surface area contributed by atoms with E-state index in [4.69, 9.17) is 0 Å². The van der Waals surface area contributed by atoms with Gasteiger partial charge in [-0.25, -0.2) is 15.0 Å². The van der Waals surface area contributed by atoms with Crippen molar-refractivity contribution in [2.45, 2.75) is 57.5 Å². The Balaban J connectivity index is 1.68. The zero-order valence-corrected chi connectivity index (χ0v) is 16.8. The zero-order chi connectivity index (χ0) is 20.3. The van der Waals surface area contributed by atoms with Gasteiger partial charge in [0.1, 0.15) is 5.65 Å². The van der Waals surface area contributed by atoms with E-state index in [2.05, 4.69) is 27.2 Å². The number of pyridine rings is 1. The fourth-order valence-electron chi connectivity index (χ4n) is 4.16. The molecule has 0 aliphatic heterocycles. The Morgan fingerprint density at radius 2 is 1.86 bits per heavy atom. The first-order valence-corrected chi connectivity index (χ1v) is 10.4. The van der Waals surface area contributed by atoms with Crippen LogP contribution in [0.1, 0.15) is 61.4 Å². The van der Waals surface area contributed by atoms with Crippen molar-refractivity contribution in [3.63, 3.8) is 0 Å². The molecule has 1 aliphatic carbocycles. The summed E-state index contributed by atoms with van der Waals surface area (Å²) in [5, 5.41) is 14.7. The van der Waals surface area contributed by atoms with Gasteiger partial charge in [-0.15, -0.1) is 0 Å². The van der Waals surface area contributed by atoms with Crippen molar-refractivity contribution in [2.75, 3.05) is 6.54 Å². The molecular formula is C22H27N5O2. The molecule has 3 aromatic rings. The van der Waals surface area contributed by atoms with Crippen molar-refractivity contribution < 1.29 is 9.90 Å². The minimum Gasteiger partial charge on any atom is -0.388 e. The van der Waals surface area contributed by atoms with Gasteiger partial charge in [0.05, 0.1) is 11.2 Å². The van der Waals surface area contributed by atoms with Gasteiger partial charge in [-0.1, -0.05) is 32.6 Å². The van der Waals surface area contributed by atoms with Gasteiger partial charge in [0.2, 0.25) is 5.95 Å². The van der Waals surface area contributed by atoms with Crippen molar-refractivity contribution in [2.24, 2.45) is 0 Å². The molecule has 7 heteroatoms. The monoisotopic (exact) mass is 393 g/mol. The highest BCUT2D eigenvalue weighted by Crippen LogP contribution is 2.28. The normalized spacial score (nSPS) is 16.5. The summed E-state index contributed by atoms with van der Waals surface area (Å²) < 4.78 is 1.75. The van der Waals surface area contributed by atoms with Gasteiger partial charge in [0, 0.05) is 36.7 Å². The van der Waals surface area contributed by atoms with Crippen LogP contribution in [-0.4, -0.2) is 42.7 Å². The van der Waals surface area contributed by atoms with Crippen molar-refractivity contribution >= 4 is 16.9 Å². The molecule has 152 valence electrons. The van der Waals surface area contributed by atoms with Crippen LogP contribution in [0.15, 0.2) is 36.9 Å². The standard InChI is InChI=1S/C22H27N5O2/c1-2-16-8-13-23-19-18(16)17(14-27(19)21-24-11-7-12-25-21)20(28)26-15-22(29)9-5-3-4-6-10-22/h7-8,11-14,29H,2-6,9-10,15H2,1H3,(H,26,28). The highest BCUT2D eigenvalue weighted by atomic mass is 16.3. The van der Waals surface area contributed by atoms with Crippen LogP contribution >= 0.6 is 0 Å². The molecular weight excluding hydrogens is 366 g/mol. The second-order valence-corrected chi connectivity index (χ2v) is 7.81. The Morgan fingerprint density at radius 1 is 1.14 bits per heavy atom. The van der Waals surface area contributed by atoms with Gasteiger partial charge in [0.25, 0.3) is 5.91 Å². The van der Waals surface area contributed by atoms with E-state index in [0.29, 0.717) is 17.2 Å². The summed E-state index contributed by atoms with van der Waals surface area (Å²) in [4.78, 5) is 26.3. The number of fused-ring (bicyclic) bond motifs is 1. The number of carbonyl (C=O) groups excluding carboxylic acids is 1. The van der Waals surface area contributed by atoms with E-state index in [9.17, 15) is 9.90 Å². The average Bonchev–Trinajstić information content (AvgIpc) is 3.02. The van der Waals surface area contributed by atoms with E-state index >= 15 is 0 Å². The number of nitrogens with zero attached hydrogens (tertiary/aromatic N) is 4. The maximum atomic E-state index is 13.1. The van der Waals surface area contributed by atoms with Crippen LogP contribution in [0.5, 0.6) is 0 Å². The quantitative estimate of drug-likeness (QED) is 0.650. The second-order valence-electron chi connectivity index (χ2n) is 7.81. The van der Waals surface area contributed by atoms with Gasteiger partial charge in [-0.2, -0.15) is 0 Å². The molecule has 7 nitrogen and oxygen atoms in total. The van der Waals surface area contributed by atoms with E-state index in [1.807, 2.05) is 6.07 Å². The summed E-state index contributed by atoms with van der Waals surface area (Å²) in [5.74, 6) is 0.268. The van der Waals surface area contributed by atoms with E-state index in [1.165, 1.54) is 0 Å². The van der Waals surface area contributed by atoms with Crippen LogP contribution in [0.3, 0.4) is 0 Å². The highest BCUT2D eigenvalue weighted by molar-refractivity contribution is 6.07. The molecule has 1 fully saturated rings. The molecule has 4 rings (SSSR count). The molecule has 0 spiro atoms. The molecule has 1 amide bonds. The molecule has 0 saturated heterocycles. The number of aromatic nitrogens is 4. The Bertz CT molecular complexity index is 991. The predicted molar refractivity (Wildman–Crippen MR) is 111 cm³/mol. The van der Waals surface area contributed by atoms with Crippen LogP contribution < -0.4 is 5.32 Å². The van der Waals surface area contributed by atoms with E-state index < -0.39 is 5.60 Å². The minimum absolute atomic E-state index is 0.204. The zero-order valence-electron chi connectivity index (χ0n) is 16.8. The van der Waals surface area contributed by atoms with Gasteiger partial charge in [-0.3, -0.25) is 9.36 Å². The van der Waals surface area contributed by atoms with Gasteiger partial charge < -0.3 is 10.4 Å². The largest absolute Gasteiger partial charge is 0.388 e. The Labute approximate surface area is 170 Å². The van der Waals surface area contributed by atoms with Crippen molar-refractivity contribution in [3.05, 3.63) is 48.0 Å². The van der Waals surface area contributed by atoms with Crippen LogP contribution in [0.2, 0.25) is 0 Å². The number of rotatable bonds is 5. The van der Waals surface area contributed by atoms with Gasteiger partial charge in [0.15, 0.2) is 0 Å². The lowest BCUT2D eigenvalue weighted by Gasteiger charge is -2.26. The van der Waals surface area contributed by atoms with Gasteiger partial charge >= 0.3 is 0 Å². The Morgan fingerprint density at radius 3 is 2.55 bits per heavy atom. The highest BCUT2D eigenvalue weighted by Gasteiger charge is 2.29. The number of hydrogen-bond acceptors (Lipinski definition) is 5. The van der Waals surface area contributed by atoms with Crippen molar-refractivity contribution in [1.29, 1.82) is 0 Å².